The monoisotopic (exact) mass is 221 g/mol. The SMILES string of the molecule is CC(NCc1ccc(CO)o1)c1cn[nH]c1. The molecule has 2 rings (SSSR count). The van der Waals surface area contributed by atoms with E-state index in [4.69, 9.17) is 9.52 Å². The van der Waals surface area contributed by atoms with Gasteiger partial charge in [-0.2, -0.15) is 5.10 Å². The maximum atomic E-state index is 8.85. The second-order valence-corrected chi connectivity index (χ2v) is 3.66. The van der Waals surface area contributed by atoms with E-state index in [1.54, 1.807) is 12.3 Å². The summed E-state index contributed by atoms with van der Waals surface area (Å²) in [6.07, 6.45) is 3.65. The molecule has 0 fully saturated rings. The number of aromatic nitrogens is 2. The molecule has 0 aliphatic heterocycles. The van der Waals surface area contributed by atoms with Gasteiger partial charge in [-0.3, -0.25) is 5.10 Å². The van der Waals surface area contributed by atoms with Crippen molar-refractivity contribution in [2.75, 3.05) is 0 Å². The minimum Gasteiger partial charge on any atom is -0.462 e. The fourth-order valence-corrected chi connectivity index (χ4v) is 1.47. The Bertz CT molecular complexity index is 422. The van der Waals surface area contributed by atoms with Crippen molar-refractivity contribution in [1.82, 2.24) is 15.5 Å². The predicted molar refractivity (Wildman–Crippen MR) is 58.5 cm³/mol. The highest BCUT2D eigenvalue weighted by Crippen LogP contribution is 2.12. The van der Waals surface area contributed by atoms with E-state index >= 15 is 0 Å². The molecule has 5 heteroatoms. The molecule has 2 heterocycles. The summed E-state index contributed by atoms with van der Waals surface area (Å²) in [6, 6.07) is 3.85. The first-order valence-corrected chi connectivity index (χ1v) is 5.20. The zero-order chi connectivity index (χ0) is 11.4. The van der Waals surface area contributed by atoms with Crippen molar-refractivity contribution in [3.63, 3.8) is 0 Å². The summed E-state index contributed by atoms with van der Waals surface area (Å²) in [4.78, 5) is 0. The highest BCUT2D eigenvalue weighted by atomic mass is 16.4. The third-order valence-corrected chi connectivity index (χ3v) is 2.47. The molecule has 0 aliphatic carbocycles. The smallest absolute Gasteiger partial charge is 0.129 e. The number of furan rings is 1. The van der Waals surface area contributed by atoms with Gasteiger partial charge in [0.05, 0.1) is 12.7 Å². The number of nitrogens with zero attached hydrogens (tertiary/aromatic N) is 1. The molecule has 0 amide bonds. The number of aromatic amines is 1. The Hall–Kier alpha value is -1.59. The lowest BCUT2D eigenvalue weighted by Gasteiger charge is -2.09. The summed E-state index contributed by atoms with van der Waals surface area (Å²) in [6.45, 7) is 2.63. The molecule has 86 valence electrons. The molecule has 0 spiro atoms. The molecule has 5 nitrogen and oxygen atoms in total. The summed E-state index contributed by atoms with van der Waals surface area (Å²) in [5.74, 6) is 1.41. The first-order chi connectivity index (χ1) is 7.79. The minimum atomic E-state index is -0.0582. The quantitative estimate of drug-likeness (QED) is 0.712. The van der Waals surface area contributed by atoms with Crippen LogP contribution in [-0.2, 0) is 13.2 Å². The number of aliphatic hydroxyl groups is 1. The van der Waals surface area contributed by atoms with Gasteiger partial charge in [0.15, 0.2) is 0 Å². The first-order valence-electron chi connectivity index (χ1n) is 5.20. The number of rotatable bonds is 5. The second-order valence-electron chi connectivity index (χ2n) is 3.66. The molecular formula is C11H15N3O2. The van der Waals surface area contributed by atoms with Crippen molar-refractivity contribution in [2.45, 2.75) is 26.1 Å². The Morgan fingerprint density at radius 2 is 2.31 bits per heavy atom. The maximum Gasteiger partial charge on any atom is 0.129 e. The van der Waals surface area contributed by atoms with Crippen molar-refractivity contribution in [2.24, 2.45) is 0 Å². The number of hydrogen-bond acceptors (Lipinski definition) is 4. The molecular weight excluding hydrogens is 206 g/mol. The molecule has 1 unspecified atom stereocenters. The summed E-state index contributed by atoms with van der Waals surface area (Å²) in [5.41, 5.74) is 1.11. The minimum absolute atomic E-state index is 0.0582. The van der Waals surface area contributed by atoms with Crippen LogP contribution >= 0.6 is 0 Å². The van der Waals surface area contributed by atoms with E-state index in [0.717, 1.165) is 11.3 Å². The van der Waals surface area contributed by atoms with Crippen LogP contribution in [0.2, 0.25) is 0 Å². The average molecular weight is 221 g/mol. The molecule has 0 aliphatic rings. The van der Waals surface area contributed by atoms with Crippen molar-refractivity contribution < 1.29 is 9.52 Å². The number of nitrogens with one attached hydrogen (secondary N) is 2. The van der Waals surface area contributed by atoms with E-state index in [-0.39, 0.29) is 12.6 Å². The maximum absolute atomic E-state index is 8.85. The third kappa shape index (κ3) is 2.50. The standard InChI is InChI=1S/C11H15N3O2/c1-8(9-4-13-14-5-9)12-6-10-2-3-11(7-15)16-10/h2-5,8,12,15H,6-7H2,1H3,(H,13,14). The van der Waals surface area contributed by atoms with Gasteiger partial charge in [0.2, 0.25) is 0 Å². The predicted octanol–water partition coefficient (Wildman–Crippen LogP) is 1.35. The van der Waals surface area contributed by atoms with E-state index in [1.165, 1.54) is 0 Å². The fourth-order valence-electron chi connectivity index (χ4n) is 1.47. The lowest BCUT2D eigenvalue weighted by Crippen LogP contribution is -2.17. The molecule has 2 aromatic heterocycles. The van der Waals surface area contributed by atoms with E-state index in [2.05, 4.69) is 22.4 Å². The molecule has 0 bridgehead atoms. The van der Waals surface area contributed by atoms with Gasteiger partial charge < -0.3 is 14.8 Å². The Balaban J connectivity index is 1.87. The zero-order valence-electron chi connectivity index (χ0n) is 9.10. The van der Waals surface area contributed by atoms with Gasteiger partial charge in [-0.05, 0) is 19.1 Å². The summed E-state index contributed by atoms with van der Waals surface area (Å²) < 4.78 is 5.36. The van der Waals surface area contributed by atoms with Gasteiger partial charge in [-0.15, -0.1) is 0 Å². The highest BCUT2D eigenvalue weighted by molar-refractivity contribution is 5.10. The van der Waals surface area contributed by atoms with Crippen LogP contribution < -0.4 is 5.32 Å². The van der Waals surface area contributed by atoms with Gasteiger partial charge in [-0.1, -0.05) is 0 Å². The van der Waals surface area contributed by atoms with Gasteiger partial charge in [-0.25, -0.2) is 0 Å². The topological polar surface area (TPSA) is 74.1 Å². The molecule has 0 aromatic carbocycles. The Morgan fingerprint density at radius 1 is 1.50 bits per heavy atom. The summed E-state index contributed by atoms with van der Waals surface area (Å²) in [5, 5.41) is 18.8. The largest absolute Gasteiger partial charge is 0.462 e. The Kier molecular flexibility index (Phi) is 3.38. The van der Waals surface area contributed by atoms with Crippen LogP contribution in [0.3, 0.4) is 0 Å². The van der Waals surface area contributed by atoms with Crippen LogP contribution in [0.4, 0.5) is 0 Å². The average Bonchev–Trinajstić information content (AvgIpc) is 2.96. The van der Waals surface area contributed by atoms with Crippen LogP contribution in [0.1, 0.15) is 30.0 Å². The fraction of sp³-hybridized carbons (Fsp3) is 0.364. The van der Waals surface area contributed by atoms with Crippen LogP contribution in [-0.4, -0.2) is 15.3 Å². The highest BCUT2D eigenvalue weighted by Gasteiger charge is 2.07. The molecule has 0 radical (unpaired) electrons. The number of hydrogen-bond donors (Lipinski definition) is 3. The lowest BCUT2D eigenvalue weighted by atomic mass is 10.2. The Morgan fingerprint density at radius 3 is 2.94 bits per heavy atom. The van der Waals surface area contributed by atoms with Gasteiger partial charge >= 0.3 is 0 Å². The van der Waals surface area contributed by atoms with Crippen LogP contribution in [0.25, 0.3) is 0 Å². The molecule has 0 saturated heterocycles. The van der Waals surface area contributed by atoms with Crippen LogP contribution in [0.5, 0.6) is 0 Å². The molecule has 3 N–H and O–H groups in total. The van der Waals surface area contributed by atoms with Crippen LogP contribution in [0.15, 0.2) is 28.9 Å². The van der Waals surface area contributed by atoms with Crippen molar-refractivity contribution in [3.05, 3.63) is 41.6 Å². The van der Waals surface area contributed by atoms with E-state index in [9.17, 15) is 0 Å². The van der Waals surface area contributed by atoms with Crippen LogP contribution in [0, 0.1) is 0 Å². The van der Waals surface area contributed by atoms with E-state index in [1.807, 2.05) is 12.3 Å². The molecule has 0 saturated carbocycles. The number of H-pyrrole nitrogens is 1. The van der Waals surface area contributed by atoms with Crippen molar-refractivity contribution in [1.29, 1.82) is 0 Å². The summed E-state index contributed by atoms with van der Waals surface area (Å²) >= 11 is 0. The molecule has 2 aromatic rings. The Labute approximate surface area is 93.5 Å². The first kappa shape index (κ1) is 10.9. The molecule has 16 heavy (non-hydrogen) atoms. The second kappa shape index (κ2) is 4.96. The van der Waals surface area contributed by atoms with Gasteiger partial charge in [0, 0.05) is 17.8 Å². The van der Waals surface area contributed by atoms with E-state index in [0.29, 0.717) is 12.3 Å². The van der Waals surface area contributed by atoms with Gasteiger partial charge in [0.25, 0.3) is 0 Å². The normalized spacial score (nSPS) is 12.9. The van der Waals surface area contributed by atoms with Crippen molar-refractivity contribution >= 4 is 0 Å². The van der Waals surface area contributed by atoms with Crippen molar-refractivity contribution in [3.8, 4) is 0 Å². The third-order valence-electron chi connectivity index (χ3n) is 2.47. The summed E-state index contributed by atoms with van der Waals surface area (Å²) in [7, 11) is 0. The lowest BCUT2D eigenvalue weighted by molar-refractivity contribution is 0.242. The number of aliphatic hydroxyl groups excluding tert-OH is 1. The molecule has 1 atom stereocenters. The van der Waals surface area contributed by atoms with Gasteiger partial charge in [0.1, 0.15) is 18.1 Å². The van der Waals surface area contributed by atoms with E-state index < -0.39 is 0 Å². The zero-order valence-corrected chi connectivity index (χ0v) is 9.10.